The van der Waals surface area contributed by atoms with Gasteiger partial charge >= 0.3 is 17.9 Å². The molecule has 0 aromatic rings. The second kappa shape index (κ2) is 70.0. The van der Waals surface area contributed by atoms with Crippen LogP contribution in [0.25, 0.3) is 0 Å². The molecular formula is C77H128O6. The van der Waals surface area contributed by atoms with E-state index in [1.54, 1.807) is 0 Å². The fraction of sp³-hybridized carbons (Fsp3) is 0.675. The third-order valence-corrected chi connectivity index (χ3v) is 14.6. The minimum Gasteiger partial charge on any atom is -0.462 e. The molecule has 83 heavy (non-hydrogen) atoms. The van der Waals surface area contributed by atoms with E-state index in [1.165, 1.54) is 135 Å². The lowest BCUT2D eigenvalue weighted by Crippen LogP contribution is -2.30. The second-order valence-corrected chi connectivity index (χ2v) is 22.7. The fourth-order valence-corrected chi connectivity index (χ4v) is 9.49. The van der Waals surface area contributed by atoms with Crippen molar-refractivity contribution in [1.82, 2.24) is 0 Å². The molecule has 6 heteroatoms. The highest BCUT2D eigenvalue weighted by atomic mass is 16.6. The molecule has 0 saturated heterocycles. The molecule has 0 amide bonds. The summed E-state index contributed by atoms with van der Waals surface area (Å²) < 4.78 is 16.9. The molecule has 0 aliphatic heterocycles. The summed E-state index contributed by atoms with van der Waals surface area (Å²) in [5, 5.41) is 0. The number of esters is 3. The zero-order chi connectivity index (χ0) is 59.9. The zero-order valence-electron chi connectivity index (χ0n) is 54.2. The van der Waals surface area contributed by atoms with Crippen LogP contribution in [0.3, 0.4) is 0 Å². The maximum atomic E-state index is 12.9. The summed E-state index contributed by atoms with van der Waals surface area (Å²) in [5.74, 6) is -0.929. The number of hydrogen-bond acceptors (Lipinski definition) is 6. The van der Waals surface area contributed by atoms with Gasteiger partial charge in [-0.05, 0) is 135 Å². The Morgan fingerprint density at radius 2 is 0.470 bits per heavy atom. The van der Waals surface area contributed by atoms with Gasteiger partial charge in [-0.25, -0.2) is 0 Å². The molecule has 0 fully saturated rings. The first-order chi connectivity index (χ1) is 41.0. The summed E-state index contributed by atoms with van der Waals surface area (Å²) >= 11 is 0. The average molecular weight is 1150 g/mol. The minimum absolute atomic E-state index is 0.0947. The first kappa shape index (κ1) is 78.5. The van der Waals surface area contributed by atoms with E-state index in [9.17, 15) is 14.4 Å². The van der Waals surface area contributed by atoms with Gasteiger partial charge in [0.2, 0.25) is 0 Å². The summed E-state index contributed by atoms with van der Waals surface area (Å²) in [6.45, 7) is 6.38. The third kappa shape index (κ3) is 68.2. The van der Waals surface area contributed by atoms with Gasteiger partial charge in [-0.15, -0.1) is 0 Å². The van der Waals surface area contributed by atoms with E-state index in [0.29, 0.717) is 12.8 Å². The molecular weight excluding hydrogens is 1020 g/mol. The first-order valence-corrected chi connectivity index (χ1v) is 34.7. The third-order valence-electron chi connectivity index (χ3n) is 14.6. The molecule has 6 nitrogen and oxygen atoms in total. The van der Waals surface area contributed by atoms with Gasteiger partial charge in [0, 0.05) is 19.3 Å². The summed E-state index contributed by atoms with van der Waals surface area (Å²) in [5.41, 5.74) is 0. The smallest absolute Gasteiger partial charge is 0.306 e. The van der Waals surface area contributed by atoms with Gasteiger partial charge in [0.1, 0.15) is 13.2 Å². The van der Waals surface area contributed by atoms with Crippen molar-refractivity contribution in [3.05, 3.63) is 134 Å². The van der Waals surface area contributed by atoms with Crippen LogP contribution in [0.15, 0.2) is 134 Å². The summed E-state index contributed by atoms with van der Waals surface area (Å²) in [6.07, 6.45) is 99.1. The molecule has 0 heterocycles. The standard InChI is InChI=1S/C77H128O6/c1-4-7-10-13-16-19-22-25-27-29-31-32-33-34-35-36-37-38-39-40-41-42-43-44-46-47-49-52-55-58-61-64-67-70-76(79)82-73-74(72-81-75(78)69-66-63-60-57-54-51-24-21-18-15-12-9-6-3)83-77(80)71-68-65-62-59-56-53-50-48-45-30-28-26-23-20-17-14-11-8-5-2/h7-8,10-11,16-17,19-21,24-28,31-32,34-35,45,48,53,56,74H,4-6,9,12-15,18,22-23,29-30,33,36-44,46-47,49-52,54-55,57-73H2,1-3H3/b10-7-,11-8-,19-16-,20-17-,24-21-,27-25-,28-26-,32-31-,35-34-,48-45-,56-53-. The molecule has 472 valence electrons. The Hall–Kier alpha value is -4.45. The van der Waals surface area contributed by atoms with E-state index in [0.717, 1.165) is 141 Å². The fourth-order valence-electron chi connectivity index (χ4n) is 9.49. The van der Waals surface area contributed by atoms with Gasteiger partial charge in [0.25, 0.3) is 0 Å². The highest BCUT2D eigenvalue weighted by molar-refractivity contribution is 5.71. The molecule has 0 aromatic heterocycles. The van der Waals surface area contributed by atoms with E-state index >= 15 is 0 Å². The van der Waals surface area contributed by atoms with Crippen LogP contribution in [0, 0.1) is 0 Å². The summed E-state index contributed by atoms with van der Waals surface area (Å²) in [4.78, 5) is 38.4. The van der Waals surface area contributed by atoms with Crippen molar-refractivity contribution in [2.24, 2.45) is 0 Å². The van der Waals surface area contributed by atoms with E-state index in [-0.39, 0.29) is 37.5 Å². The van der Waals surface area contributed by atoms with Gasteiger partial charge in [0.05, 0.1) is 0 Å². The quantitative estimate of drug-likeness (QED) is 0.0261. The van der Waals surface area contributed by atoms with Gasteiger partial charge in [-0.2, -0.15) is 0 Å². The van der Waals surface area contributed by atoms with E-state index in [4.69, 9.17) is 14.2 Å². The number of ether oxygens (including phenoxy) is 3. The lowest BCUT2D eigenvalue weighted by molar-refractivity contribution is -0.167. The van der Waals surface area contributed by atoms with Crippen LogP contribution in [0.5, 0.6) is 0 Å². The Morgan fingerprint density at radius 1 is 0.253 bits per heavy atom. The SMILES string of the molecule is CC/C=C\C/C=C\C/C=C\C/C=C\C/C=C\CCCCCCCCCCCCCCCCCCCC(=O)OCC(COC(=O)CCCCCCC/C=C\CCCCCC)OC(=O)CCCCC/C=C\C/C=C\C/C=C\C/C=C\C/C=C\CC. The Kier molecular flexibility index (Phi) is 66.3. The van der Waals surface area contributed by atoms with Crippen LogP contribution >= 0.6 is 0 Å². The maximum absolute atomic E-state index is 12.9. The predicted molar refractivity (Wildman–Crippen MR) is 362 cm³/mol. The van der Waals surface area contributed by atoms with Crippen molar-refractivity contribution in [2.45, 2.75) is 322 Å². The number of carbonyl (C=O) groups excluding carboxylic acids is 3. The Labute approximate surface area is 513 Å². The van der Waals surface area contributed by atoms with Crippen molar-refractivity contribution in [1.29, 1.82) is 0 Å². The Morgan fingerprint density at radius 3 is 0.759 bits per heavy atom. The van der Waals surface area contributed by atoms with Crippen molar-refractivity contribution < 1.29 is 28.6 Å². The molecule has 0 rings (SSSR count). The second-order valence-electron chi connectivity index (χ2n) is 22.7. The summed E-state index contributed by atoms with van der Waals surface area (Å²) in [6, 6.07) is 0. The van der Waals surface area contributed by atoms with Gasteiger partial charge in [-0.1, -0.05) is 296 Å². The molecule has 0 N–H and O–H groups in total. The highest BCUT2D eigenvalue weighted by Crippen LogP contribution is 2.17. The van der Waals surface area contributed by atoms with Crippen LogP contribution in [0.1, 0.15) is 316 Å². The van der Waals surface area contributed by atoms with Crippen LogP contribution < -0.4 is 0 Å². The molecule has 1 unspecified atom stereocenters. The van der Waals surface area contributed by atoms with E-state index < -0.39 is 6.10 Å². The van der Waals surface area contributed by atoms with Crippen LogP contribution in [0.2, 0.25) is 0 Å². The molecule has 0 radical (unpaired) electrons. The molecule has 0 aliphatic rings. The van der Waals surface area contributed by atoms with Gasteiger partial charge in [-0.3, -0.25) is 14.4 Å². The van der Waals surface area contributed by atoms with Crippen molar-refractivity contribution in [2.75, 3.05) is 13.2 Å². The normalized spacial score (nSPS) is 13.0. The average Bonchev–Trinajstić information content (AvgIpc) is 3.49. The van der Waals surface area contributed by atoms with E-state index in [2.05, 4.69) is 154 Å². The molecule has 0 aliphatic carbocycles. The molecule has 0 saturated carbocycles. The van der Waals surface area contributed by atoms with Crippen LogP contribution in [0.4, 0.5) is 0 Å². The molecule has 1 atom stereocenters. The first-order valence-electron chi connectivity index (χ1n) is 34.7. The number of unbranched alkanes of at least 4 members (excludes halogenated alkanes) is 29. The van der Waals surface area contributed by atoms with Crippen molar-refractivity contribution in [3.8, 4) is 0 Å². The monoisotopic (exact) mass is 1150 g/mol. The minimum atomic E-state index is -0.802. The van der Waals surface area contributed by atoms with Crippen LogP contribution in [-0.4, -0.2) is 37.2 Å². The number of allylic oxidation sites excluding steroid dienone is 22. The van der Waals surface area contributed by atoms with Crippen molar-refractivity contribution in [3.63, 3.8) is 0 Å². The largest absolute Gasteiger partial charge is 0.462 e. The maximum Gasteiger partial charge on any atom is 0.306 e. The zero-order valence-corrected chi connectivity index (χ0v) is 54.2. The molecule has 0 aromatic carbocycles. The Balaban J connectivity index is 4.25. The molecule has 0 spiro atoms. The highest BCUT2D eigenvalue weighted by Gasteiger charge is 2.19. The summed E-state index contributed by atoms with van der Waals surface area (Å²) in [7, 11) is 0. The number of hydrogen-bond donors (Lipinski definition) is 0. The molecule has 0 bridgehead atoms. The van der Waals surface area contributed by atoms with Gasteiger partial charge in [0.15, 0.2) is 6.10 Å². The Bertz CT molecular complexity index is 1750. The van der Waals surface area contributed by atoms with Gasteiger partial charge < -0.3 is 14.2 Å². The lowest BCUT2D eigenvalue weighted by atomic mass is 10.0. The number of carbonyl (C=O) groups is 3. The topological polar surface area (TPSA) is 78.9 Å². The van der Waals surface area contributed by atoms with E-state index in [1.807, 2.05) is 0 Å². The lowest BCUT2D eigenvalue weighted by Gasteiger charge is -2.18. The van der Waals surface area contributed by atoms with Crippen molar-refractivity contribution >= 4 is 17.9 Å². The predicted octanol–water partition coefficient (Wildman–Crippen LogP) is 24.1. The van der Waals surface area contributed by atoms with Crippen LogP contribution in [-0.2, 0) is 28.6 Å². The number of rotatable bonds is 62.